The van der Waals surface area contributed by atoms with Crippen molar-refractivity contribution < 1.29 is 14.3 Å². The largest absolute Gasteiger partial charge is 0.383 e. The Morgan fingerprint density at radius 2 is 1.57 bits per heavy atom. The Morgan fingerprint density at radius 1 is 0.929 bits per heavy atom. The minimum absolute atomic E-state index is 0.000466. The van der Waals surface area contributed by atoms with E-state index in [2.05, 4.69) is 41.7 Å². The summed E-state index contributed by atoms with van der Waals surface area (Å²) in [5, 5.41) is 8.87. The number of hydrogen-bond acceptors (Lipinski definition) is 6. The molecule has 218 valence electrons. The lowest BCUT2D eigenvalue weighted by Gasteiger charge is -2.19. The van der Waals surface area contributed by atoms with E-state index in [1.807, 2.05) is 49.4 Å². The fraction of sp³-hybridized carbons (Fsp3) is 0.273. The van der Waals surface area contributed by atoms with Gasteiger partial charge in [-0.25, -0.2) is 4.98 Å². The number of nitrogens with one attached hydrogen (secondary N) is 3. The average Bonchev–Trinajstić information content (AvgIpc) is 2.96. The molecular weight excluding hydrogens is 530 g/mol. The quantitative estimate of drug-likeness (QED) is 0.233. The minimum Gasteiger partial charge on any atom is -0.383 e. The molecular formula is C33H37N5O4. The first kappa shape index (κ1) is 30.2. The second-order valence-electron chi connectivity index (χ2n) is 11.1. The molecule has 3 aromatic carbocycles. The molecule has 0 radical (unpaired) electrons. The molecule has 1 heterocycles. The highest BCUT2D eigenvalue weighted by molar-refractivity contribution is 6.05. The fourth-order valence-electron chi connectivity index (χ4n) is 4.39. The van der Waals surface area contributed by atoms with Crippen molar-refractivity contribution in [3.05, 3.63) is 106 Å². The summed E-state index contributed by atoms with van der Waals surface area (Å²) in [5.41, 5.74) is 5.34. The predicted octanol–water partition coefficient (Wildman–Crippen LogP) is 5.43. The van der Waals surface area contributed by atoms with Crippen molar-refractivity contribution >= 4 is 29.0 Å². The van der Waals surface area contributed by atoms with Crippen LogP contribution >= 0.6 is 0 Å². The van der Waals surface area contributed by atoms with E-state index in [-0.39, 0.29) is 28.6 Å². The Labute approximate surface area is 246 Å². The van der Waals surface area contributed by atoms with Crippen LogP contribution in [0.25, 0.3) is 11.3 Å². The van der Waals surface area contributed by atoms with Crippen LogP contribution < -0.4 is 21.5 Å². The van der Waals surface area contributed by atoms with E-state index in [0.717, 1.165) is 16.7 Å². The first-order valence-corrected chi connectivity index (χ1v) is 13.7. The molecule has 1 aromatic heterocycles. The molecule has 0 atom stereocenters. The number of anilines is 3. The highest BCUT2D eigenvalue weighted by Crippen LogP contribution is 2.29. The van der Waals surface area contributed by atoms with E-state index < -0.39 is 0 Å². The summed E-state index contributed by atoms with van der Waals surface area (Å²) in [6.07, 6.45) is 1.67. The summed E-state index contributed by atoms with van der Waals surface area (Å²) in [5.74, 6) is -0.276. The molecule has 4 aromatic rings. The zero-order valence-corrected chi connectivity index (χ0v) is 24.9. The maximum absolute atomic E-state index is 13.1. The number of nitrogens with zero attached hydrogens (tertiary/aromatic N) is 2. The summed E-state index contributed by atoms with van der Waals surface area (Å²) in [7, 11) is 3.23. The van der Waals surface area contributed by atoms with Crippen molar-refractivity contribution in [2.45, 2.75) is 33.1 Å². The molecule has 0 saturated carbocycles. The second kappa shape index (κ2) is 12.8. The lowest BCUT2D eigenvalue weighted by atomic mass is 9.86. The van der Waals surface area contributed by atoms with Gasteiger partial charge >= 0.3 is 0 Å². The van der Waals surface area contributed by atoms with Gasteiger partial charge in [0.25, 0.3) is 17.4 Å². The number of methoxy groups -OCH3 is 1. The first-order chi connectivity index (χ1) is 20.0. The number of aromatic nitrogens is 2. The minimum atomic E-state index is -0.305. The zero-order valence-electron chi connectivity index (χ0n) is 24.9. The molecule has 0 unspecified atom stereocenters. The predicted molar refractivity (Wildman–Crippen MR) is 167 cm³/mol. The van der Waals surface area contributed by atoms with Crippen molar-refractivity contribution in [3.63, 3.8) is 0 Å². The number of benzene rings is 3. The van der Waals surface area contributed by atoms with E-state index in [1.165, 1.54) is 4.57 Å². The summed E-state index contributed by atoms with van der Waals surface area (Å²) >= 11 is 0. The monoisotopic (exact) mass is 567 g/mol. The van der Waals surface area contributed by atoms with Gasteiger partial charge in [0.2, 0.25) is 0 Å². The Kier molecular flexibility index (Phi) is 9.22. The number of carbonyl (C=O) groups is 2. The summed E-state index contributed by atoms with van der Waals surface area (Å²) in [6, 6.07) is 20.0. The average molecular weight is 568 g/mol. The second-order valence-corrected chi connectivity index (χ2v) is 11.1. The molecule has 42 heavy (non-hydrogen) atoms. The third-order valence-corrected chi connectivity index (χ3v) is 6.94. The Bertz CT molecular complexity index is 1640. The molecule has 9 nitrogen and oxygen atoms in total. The fourth-order valence-corrected chi connectivity index (χ4v) is 4.39. The molecule has 9 heteroatoms. The molecule has 0 aliphatic rings. The molecule has 0 spiro atoms. The number of rotatable bonds is 9. The van der Waals surface area contributed by atoms with Gasteiger partial charge in [0.15, 0.2) is 5.82 Å². The van der Waals surface area contributed by atoms with Crippen LogP contribution in [0, 0.1) is 6.92 Å². The zero-order chi connectivity index (χ0) is 30.4. The van der Waals surface area contributed by atoms with Gasteiger partial charge < -0.3 is 25.3 Å². The maximum Gasteiger partial charge on any atom is 0.293 e. The van der Waals surface area contributed by atoms with Crippen molar-refractivity contribution in [2.24, 2.45) is 7.05 Å². The van der Waals surface area contributed by atoms with Gasteiger partial charge in [-0.15, -0.1) is 0 Å². The van der Waals surface area contributed by atoms with Gasteiger partial charge in [0.05, 0.1) is 12.3 Å². The summed E-state index contributed by atoms with van der Waals surface area (Å²) < 4.78 is 6.42. The van der Waals surface area contributed by atoms with E-state index >= 15 is 0 Å². The number of ether oxygens (including phenoxy) is 1. The van der Waals surface area contributed by atoms with Gasteiger partial charge in [-0.2, -0.15) is 0 Å². The number of carbonyl (C=O) groups excluding carboxylic acids is 2. The van der Waals surface area contributed by atoms with Crippen molar-refractivity contribution in [1.29, 1.82) is 0 Å². The standard InChI is InChI=1S/C33H37N5O4/c1-21-26(8-7-9-27(21)37-31(40)23-10-14-24(15-11-23)33(2,3)4)28-20-38(5)32(41)29(36-28)35-25-16-12-22(13-17-25)30(39)34-18-19-42-6/h7-17,20H,18-19H2,1-6H3,(H,34,39)(H,35,36)(H,37,40). The molecule has 0 fully saturated rings. The van der Waals surface area contributed by atoms with Crippen LogP contribution in [0.5, 0.6) is 0 Å². The van der Waals surface area contributed by atoms with Gasteiger partial charge in [-0.1, -0.05) is 45.0 Å². The van der Waals surface area contributed by atoms with Crippen molar-refractivity contribution in [2.75, 3.05) is 30.9 Å². The molecule has 2 amide bonds. The Morgan fingerprint density at radius 3 is 2.21 bits per heavy atom. The van der Waals surface area contributed by atoms with Crippen LogP contribution in [0.1, 0.15) is 52.6 Å². The Balaban J connectivity index is 1.55. The van der Waals surface area contributed by atoms with Gasteiger partial charge in [0.1, 0.15) is 0 Å². The Hall–Kier alpha value is -4.76. The SMILES string of the molecule is COCCNC(=O)c1ccc(Nc2nc(-c3cccc(NC(=O)c4ccc(C(C)(C)C)cc4)c3C)cn(C)c2=O)cc1. The third-order valence-electron chi connectivity index (χ3n) is 6.94. The van der Waals surface area contributed by atoms with Crippen LogP contribution in [0.2, 0.25) is 0 Å². The van der Waals surface area contributed by atoms with Gasteiger partial charge in [-0.3, -0.25) is 14.4 Å². The highest BCUT2D eigenvalue weighted by atomic mass is 16.5. The maximum atomic E-state index is 13.1. The van der Waals surface area contributed by atoms with E-state index in [4.69, 9.17) is 4.74 Å². The van der Waals surface area contributed by atoms with Crippen LogP contribution in [0.15, 0.2) is 77.7 Å². The van der Waals surface area contributed by atoms with Crippen molar-refractivity contribution in [1.82, 2.24) is 14.9 Å². The summed E-state index contributed by atoms with van der Waals surface area (Å²) in [4.78, 5) is 42.9. The first-order valence-electron chi connectivity index (χ1n) is 13.7. The molecule has 4 rings (SSSR count). The lowest BCUT2D eigenvalue weighted by Crippen LogP contribution is -2.26. The van der Waals surface area contributed by atoms with Crippen LogP contribution in [0.4, 0.5) is 17.2 Å². The van der Waals surface area contributed by atoms with Crippen LogP contribution in [0.3, 0.4) is 0 Å². The number of aryl methyl sites for hydroxylation is 1. The third kappa shape index (κ3) is 7.11. The smallest absolute Gasteiger partial charge is 0.293 e. The van der Waals surface area contributed by atoms with Crippen LogP contribution in [-0.2, 0) is 17.2 Å². The highest BCUT2D eigenvalue weighted by Gasteiger charge is 2.17. The number of amides is 2. The summed E-state index contributed by atoms with van der Waals surface area (Å²) in [6.45, 7) is 9.15. The normalized spacial score (nSPS) is 11.2. The van der Waals surface area contributed by atoms with E-state index in [9.17, 15) is 14.4 Å². The van der Waals surface area contributed by atoms with E-state index in [0.29, 0.717) is 41.3 Å². The van der Waals surface area contributed by atoms with Gasteiger partial charge in [-0.05, 0) is 65.9 Å². The molecule has 0 aliphatic heterocycles. The van der Waals surface area contributed by atoms with E-state index in [1.54, 1.807) is 44.6 Å². The molecule has 0 bridgehead atoms. The molecule has 0 aliphatic carbocycles. The molecule has 0 saturated heterocycles. The topological polar surface area (TPSA) is 114 Å². The van der Waals surface area contributed by atoms with Crippen molar-refractivity contribution in [3.8, 4) is 11.3 Å². The molecule has 3 N–H and O–H groups in total. The number of hydrogen-bond donors (Lipinski definition) is 3. The lowest BCUT2D eigenvalue weighted by molar-refractivity contribution is 0.0936. The van der Waals surface area contributed by atoms with Crippen LogP contribution in [-0.4, -0.2) is 41.6 Å². The van der Waals surface area contributed by atoms with Gasteiger partial charge in [0, 0.05) is 55.0 Å².